The first kappa shape index (κ1) is 19.3. The molecule has 1 aliphatic carbocycles. The molecule has 27 heavy (non-hydrogen) atoms. The van der Waals surface area contributed by atoms with E-state index in [1.165, 1.54) is 43.5 Å². The van der Waals surface area contributed by atoms with Crippen molar-refractivity contribution >= 4 is 21.6 Å². The number of hydrogen-bond donors (Lipinski definition) is 2. The largest absolute Gasteiger partial charge is 0.495 e. The maximum Gasteiger partial charge on any atom is 0.255 e. The number of carbonyl (C=O) groups excluding carboxylic acids is 1. The second kappa shape index (κ2) is 8.06. The molecule has 1 amide bonds. The molecule has 0 atom stereocenters. The van der Waals surface area contributed by atoms with E-state index >= 15 is 0 Å². The van der Waals surface area contributed by atoms with Crippen LogP contribution in [0.15, 0.2) is 47.4 Å². The first-order valence-corrected chi connectivity index (χ1v) is 10.1. The Morgan fingerprint density at radius 3 is 2.56 bits per heavy atom. The van der Waals surface area contributed by atoms with Crippen LogP contribution in [0.4, 0.5) is 10.1 Å². The van der Waals surface area contributed by atoms with Gasteiger partial charge in [0.2, 0.25) is 10.0 Å². The molecule has 6 nitrogen and oxygen atoms in total. The molecule has 144 valence electrons. The summed E-state index contributed by atoms with van der Waals surface area (Å²) in [7, 11) is -2.47. The average molecular weight is 392 g/mol. The Balaban J connectivity index is 1.87. The summed E-state index contributed by atoms with van der Waals surface area (Å²) < 4.78 is 46.7. The Morgan fingerprint density at radius 1 is 1.15 bits per heavy atom. The normalized spacial score (nSPS) is 14.9. The predicted octanol–water partition coefficient (Wildman–Crippen LogP) is 3.31. The molecule has 0 radical (unpaired) electrons. The van der Waals surface area contributed by atoms with E-state index in [2.05, 4.69) is 10.0 Å². The lowest BCUT2D eigenvalue weighted by Crippen LogP contribution is -2.33. The molecule has 2 aromatic rings. The van der Waals surface area contributed by atoms with Crippen molar-refractivity contribution in [1.29, 1.82) is 0 Å². The number of benzene rings is 2. The van der Waals surface area contributed by atoms with E-state index < -0.39 is 21.7 Å². The number of carbonyl (C=O) groups is 1. The number of anilines is 1. The van der Waals surface area contributed by atoms with Crippen LogP contribution in [0, 0.1) is 5.82 Å². The van der Waals surface area contributed by atoms with Crippen molar-refractivity contribution in [3.05, 3.63) is 53.8 Å². The zero-order valence-electron chi connectivity index (χ0n) is 14.9. The minimum Gasteiger partial charge on any atom is -0.495 e. The van der Waals surface area contributed by atoms with E-state index in [4.69, 9.17) is 4.74 Å². The van der Waals surface area contributed by atoms with E-state index in [9.17, 15) is 17.6 Å². The van der Waals surface area contributed by atoms with Gasteiger partial charge in [-0.1, -0.05) is 18.9 Å². The zero-order chi connectivity index (χ0) is 19.4. The Hall–Kier alpha value is -2.45. The highest BCUT2D eigenvalue weighted by Crippen LogP contribution is 2.27. The molecule has 1 aliphatic rings. The second-order valence-corrected chi connectivity index (χ2v) is 8.12. The summed E-state index contributed by atoms with van der Waals surface area (Å²) in [4.78, 5) is 12.4. The van der Waals surface area contributed by atoms with Gasteiger partial charge in [0.25, 0.3) is 5.91 Å². The van der Waals surface area contributed by atoms with Crippen molar-refractivity contribution in [2.45, 2.75) is 36.6 Å². The maximum atomic E-state index is 13.3. The van der Waals surface area contributed by atoms with Gasteiger partial charge in [0.15, 0.2) is 0 Å². The molecule has 8 heteroatoms. The molecule has 0 spiro atoms. The van der Waals surface area contributed by atoms with Crippen LogP contribution in [0.3, 0.4) is 0 Å². The predicted molar refractivity (Wildman–Crippen MR) is 99.9 cm³/mol. The fourth-order valence-electron chi connectivity index (χ4n) is 3.12. The van der Waals surface area contributed by atoms with Gasteiger partial charge in [-0.2, -0.15) is 0 Å². The van der Waals surface area contributed by atoms with Gasteiger partial charge in [0.05, 0.1) is 7.11 Å². The number of rotatable bonds is 6. The molecule has 0 saturated heterocycles. The maximum absolute atomic E-state index is 13.3. The third kappa shape index (κ3) is 4.64. The second-order valence-electron chi connectivity index (χ2n) is 6.43. The van der Waals surface area contributed by atoms with Crippen molar-refractivity contribution in [3.8, 4) is 5.75 Å². The number of ether oxygens (including phenoxy) is 1. The van der Waals surface area contributed by atoms with E-state index in [1.54, 1.807) is 6.07 Å². The number of sulfonamides is 1. The molecule has 3 rings (SSSR count). The highest BCUT2D eigenvalue weighted by Gasteiger charge is 2.26. The van der Waals surface area contributed by atoms with Gasteiger partial charge in [-0.25, -0.2) is 17.5 Å². The molecular formula is C19H21FN2O4S. The van der Waals surface area contributed by atoms with Crippen LogP contribution in [0.25, 0.3) is 0 Å². The number of methoxy groups -OCH3 is 1. The van der Waals surface area contributed by atoms with E-state index in [0.717, 1.165) is 25.7 Å². The number of halogens is 1. The van der Waals surface area contributed by atoms with Crippen molar-refractivity contribution in [1.82, 2.24) is 4.72 Å². The van der Waals surface area contributed by atoms with E-state index in [0.29, 0.717) is 0 Å². The SMILES string of the molecule is COc1ccc(C(=O)Nc2cccc(F)c2)cc1S(=O)(=O)NC1CCCC1. The highest BCUT2D eigenvalue weighted by atomic mass is 32.2. The van der Waals surface area contributed by atoms with Crippen LogP contribution in [0.2, 0.25) is 0 Å². The summed E-state index contributed by atoms with van der Waals surface area (Å²) in [6, 6.07) is 9.52. The summed E-state index contributed by atoms with van der Waals surface area (Å²) in [5.74, 6) is -0.866. The molecule has 0 aliphatic heterocycles. The summed E-state index contributed by atoms with van der Waals surface area (Å²) >= 11 is 0. The first-order valence-electron chi connectivity index (χ1n) is 8.66. The van der Waals surface area contributed by atoms with Crippen LogP contribution >= 0.6 is 0 Å². The summed E-state index contributed by atoms with van der Waals surface area (Å²) in [5.41, 5.74) is 0.413. The van der Waals surface area contributed by atoms with Crippen LogP contribution in [0.1, 0.15) is 36.0 Å². The topological polar surface area (TPSA) is 84.5 Å². The molecular weight excluding hydrogens is 371 g/mol. The fraction of sp³-hybridized carbons (Fsp3) is 0.316. The fourth-order valence-corrected chi connectivity index (χ4v) is 4.62. The number of amides is 1. The quantitative estimate of drug-likeness (QED) is 0.790. The third-order valence-electron chi connectivity index (χ3n) is 4.47. The molecule has 1 saturated carbocycles. The minimum absolute atomic E-state index is 0.0937. The summed E-state index contributed by atoms with van der Waals surface area (Å²) in [6.07, 6.45) is 3.56. The number of nitrogens with one attached hydrogen (secondary N) is 2. The molecule has 1 fully saturated rings. The smallest absolute Gasteiger partial charge is 0.255 e. The van der Waals surface area contributed by atoms with Crippen molar-refractivity contribution in [2.75, 3.05) is 12.4 Å². The standard InChI is InChI=1S/C19H21FN2O4S/c1-26-17-10-9-13(19(23)21-16-8-4-5-14(20)12-16)11-18(17)27(24,25)22-15-6-2-3-7-15/h4-5,8-12,15,22H,2-3,6-7H2,1H3,(H,21,23). The van der Waals surface area contributed by atoms with Crippen molar-refractivity contribution in [2.24, 2.45) is 0 Å². The lowest BCUT2D eigenvalue weighted by Gasteiger charge is -2.15. The van der Waals surface area contributed by atoms with Crippen LogP contribution in [0.5, 0.6) is 5.75 Å². The lowest BCUT2D eigenvalue weighted by molar-refractivity contribution is 0.102. The van der Waals surface area contributed by atoms with Crippen molar-refractivity contribution in [3.63, 3.8) is 0 Å². The molecule has 0 aromatic heterocycles. The lowest BCUT2D eigenvalue weighted by atomic mass is 10.2. The van der Waals surface area contributed by atoms with Crippen LogP contribution in [-0.2, 0) is 10.0 Å². The summed E-state index contributed by atoms with van der Waals surface area (Å²) in [5, 5.41) is 2.55. The Labute approximate surface area is 157 Å². The highest BCUT2D eigenvalue weighted by molar-refractivity contribution is 7.89. The molecule has 0 unspecified atom stereocenters. The van der Waals surface area contributed by atoms with Gasteiger partial charge in [-0.15, -0.1) is 0 Å². The molecule has 2 aromatic carbocycles. The van der Waals surface area contributed by atoms with Crippen LogP contribution in [-0.4, -0.2) is 27.5 Å². The minimum atomic E-state index is -3.84. The van der Waals surface area contributed by atoms with E-state index in [-0.39, 0.29) is 27.9 Å². The van der Waals surface area contributed by atoms with Crippen molar-refractivity contribution < 1.29 is 22.3 Å². The monoisotopic (exact) mass is 392 g/mol. The van der Waals surface area contributed by atoms with Crippen LogP contribution < -0.4 is 14.8 Å². The van der Waals surface area contributed by atoms with Gasteiger partial charge in [-0.3, -0.25) is 4.79 Å². The van der Waals surface area contributed by atoms with Gasteiger partial charge in [0, 0.05) is 17.3 Å². The Morgan fingerprint density at radius 2 is 1.89 bits per heavy atom. The van der Waals surface area contributed by atoms with Gasteiger partial charge < -0.3 is 10.1 Å². The number of hydrogen-bond acceptors (Lipinski definition) is 4. The Kier molecular flexibility index (Phi) is 5.76. The third-order valence-corrected chi connectivity index (χ3v) is 6.02. The molecule has 0 heterocycles. The van der Waals surface area contributed by atoms with Gasteiger partial charge in [-0.05, 0) is 49.2 Å². The van der Waals surface area contributed by atoms with Gasteiger partial charge in [0.1, 0.15) is 16.5 Å². The zero-order valence-corrected chi connectivity index (χ0v) is 15.7. The first-order chi connectivity index (χ1) is 12.9. The molecule has 0 bridgehead atoms. The Bertz CT molecular complexity index is 940. The average Bonchev–Trinajstić information content (AvgIpc) is 3.13. The van der Waals surface area contributed by atoms with Gasteiger partial charge >= 0.3 is 0 Å². The summed E-state index contributed by atoms with van der Waals surface area (Å²) in [6.45, 7) is 0. The van der Waals surface area contributed by atoms with E-state index in [1.807, 2.05) is 0 Å². The molecule has 2 N–H and O–H groups in total.